The van der Waals surface area contributed by atoms with Gasteiger partial charge in [0.05, 0.1) is 23.1 Å². The molecule has 0 amide bonds. The second kappa shape index (κ2) is 6.23. The number of anilines is 1. The summed E-state index contributed by atoms with van der Waals surface area (Å²) in [6.07, 6.45) is 0. The van der Waals surface area contributed by atoms with E-state index in [1.54, 1.807) is 13.0 Å². The molecule has 1 N–H and O–H groups in total. The molecule has 0 bridgehead atoms. The summed E-state index contributed by atoms with van der Waals surface area (Å²) in [7, 11) is 0. The van der Waals surface area contributed by atoms with Crippen molar-refractivity contribution in [2.75, 3.05) is 18.0 Å². The zero-order valence-electron chi connectivity index (χ0n) is 12.1. The van der Waals surface area contributed by atoms with E-state index >= 15 is 0 Å². The number of para-hydroxylation sites is 1. The van der Waals surface area contributed by atoms with Crippen molar-refractivity contribution in [1.29, 1.82) is 5.26 Å². The third-order valence-corrected chi connectivity index (χ3v) is 3.44. The summed E-state index contributed by atoms with van der Waals surface area (Å²) >= 11 is 0. The van der Waals surface area contributed by atoms with Crippen LogP contribution in [0.25, 0.3) is 10.9 Å². The Hall–Kier alpha value is -2.61. The summed E-state index contributed by atoms with van der Waals surface area (Å²) in [5.74, 6) is -0.695. The van der Waals surface area contributed by atoms with Gasteiger partial charge in [-0.2, -0.15) is 5.26 Å². The van der Waals surface area contributed by atoms with Crippen molar-refractivity contribution < 1.29 is 9.90 Å². The number of nitrogens with zero attached hydrogens (tertiary/aromatic N) is 3. The number of carboxylic acid groups (broad SMARTS) is 1. The second-order valence-electron chi connectivity index (χ2n) is 4.93. The maximum absolute atomic E-state index is 11.0. The van der Waals surface area contributed by atoms with Crippen molar-refractivity contribution in [3.05, 3.63) is 35.9 Å². The predicted molar refractivity (Wildman–Crippen MR) is 81.1 cm³/mol. The number of hydrogen-bond acceptors (Lipinski definition) is 4. The number of aromatic nitrogens is 1. The van der Waals surface area contributed by atoms with Gasteiger partial charge < -0.3 is 10.0 Å². The molecule has 5 nitrogen and oxygen atoms in total. The number of aliphatic carboxylic acids is 1. The van der Waals surface area contributed by atoms with Gasteiger partial charge in [-0.25, -0.2) is 4.98 Å². The molecule has 0 saturated carbocycles. The summed E-state index contributed by atoms with van der Waals surface area (Å²) in [5.41, 5.74) is 1.30. The fourth-order valence-corrected chi connectivity index (χ4v) is 2.21. The number of rotatable bonds is 5. The lowest BCUT2D eigenvalue weighted by Gasteiger charge is -2.24. The highest BCUT2D eigenvalue weighted by atomic mass is 16.4. The Bertz CT molecular complexity index is 706. The molecule has 1 atom stereocenters. The molecular weight excluding hydrogens is 266 g/mol. The van der Waals surface area contributed by atoms with E-state index in [2.05, 4.69) is 11.1 Å². The van der Waals surface area contributed by atoms with Gasteiger partial charge in [-0.15, -0.1) is 0 Å². The van der Waals surface area contributed by atoms with Gasteiger partial charge in [-0.3, -0.25) is 4.79 Å². The van der Waals surface area contributed by atoms with Crippen molar-refractivity contribution in [1.82, 2.24) is 4.98 Å². The van der Waals surface area contributed by atoms with E-state index in [9.17, 15) is 10.1 Å². The van der Waals surface area contributed by atoms with Crippen molar-refractivity contribution >= 4 is 22.7 Å². The quantitative estimate of drug-likeness (QED) is 0.912. The zero-order valence-corrected chi connectivity index (χ0v) is 12.1. The van der Waals surface area contributed by atoms with E-state index in [0.717, 1.165) is 10.9 Å². The highest BCUT2D eigenvalue weighted by Crippen LogP contribution is 2.23. The first kappa shape index (κ1) is 14.8. The van der Waals surface area contributed by atoms with Crippen molar-refractivity contribution in [3.8, 4) is 6.07 Å². The fourth-order valence-electron chi connectivity index (χ4n) is 2.21. The van der Waals surface area contributed by atoms with E-state index in [-0.39, 0.29) is 0 Å². The fraction of sp³-hybridized carbons (Fsp3) is 0.312. The van der Waals surface area contributed by atoms with Crippen molar-refractivity contribution in [2.45, 2.75) is 13.8 Å². The molecule has 2 rings (SSSR count). The predicted octanol–water partition coefficient (Wildman–Crippen LogP) is 2.65. The summed E-state index contributed by atoms with van der Waals surface area (Å²) in [4.78, 5) is 17.4. The van der Waals surface area contributed by atoms with Crippen LogP contribution < -0.4 is 4.90 Å². The van der Waals surface area contributed by atoms with Crippen LogP contribution in [0.4, 0.5) is 5.82 Å². The number of nitriles is 1. The van der Waals surface area contributed by atoms with Gasteiger partial charge >= 0.3 is 5.97 Å². The average Bonchev–Trinajstić information content (AvgIpc) is 2.50. The van der Waals surface area contributed by atoms with Crippen LogP contribution >= 0.6 is 0 Å². The monoisotopic (exact) mass is 283 g/mol. The maximum Gasteiger partial charge on any atom is 0.308 e. The Morgan fingerprint density at radius 1 is 1.48 bits per heavy atom. The van der Waals surface area contributed by atoms with Crippen LogP contribution in [0, 0.1) is 17.2 Å². The van der Waals surface area contributed by atoms with Gasteiger partial charge in [0.1, 0.15) is 5.82 Å². The van der Waals surface area contributed by atoms with Crippen molar-refractivity contribution in [2.24, 2.45) is 5.92 Å². The molecule has 0 spiro atoms. The van der Waals surface area contributed by atoms with E-state index in [4.69, 9.17) is 5.11 Å². The zero-order chi connectivity index (χ0) is 15.4. The first-order valence-electron chi connectivity index (χ1n) is 6.84. The third kappa shape index (κ3) is 3.11. The summed E-state index contributed by atoms with van der Waals surface area (Å²) in [6, 6.07) is 11.4. The number of pyridine rings is 1. The SMILES string of the molecule is CCN(CC(C)C(=O)O)c1cc(C#N)c2ccccc2n1. The second-order valence-corrected chi connectivity index (χ2v) is 4.93. The molecule has 0 aliphatic carbocycles. The topological polar surface area (TPSA) is 77.2 Å². The summed E-state index contributed by atoms with van der Waals surface area (Å²) < 4.78 is 0. The summed E-state index contributed by atoms with van der Waals surface area (Å²) in [5, 5.41) is 19.2. The average molecular weight is 283 g/mol. The van der Waals surface area contributed by atoms with Gasteiger partial charge in [-0.1, -0.05) is 25.1 Å². The number of benzene rings is 1. The molecule has 21 heavy (non-hydrogen) atoms. The van der Waals surface area contributed by atoms with E-state index in [0.29, 0.717) is 24.5 Å². The Morgan fingerprint density at radius 2 is 2.19 bits per heavy atom. The van der Waals surface area contributed by atoms with Crippen LogP contribution in [0.2, 0.25) is 0 Å². The molecular formula is C16H17N3O2. The first-order chi connectivity index (χ1) is 10.1. The molecule has 108 valence electrons. The standard InChI is InChI=1S/C16H17N3O2/c1-3-19(10-11(2)16(20)21)15-8-12(9-17)13-6-4-5-7-14(13)18-15/h4-8,11H,3,10H2,1-2H3,(H,20,21). The minimum atomic E-state index is -0.838. The molecule has 1 heterocycles. The van der Waals surface area contributed by atoms with E-state index in [1.807, 2.05) is 36.1 Å². The van der Waals surface area contributed by atoms with E-state index < -0.39 is 11.9 Å². The molecule has 0 radical (unpaired) electrons. The molecule has 0 fully saturated rings. The maximum atomic E-state index is 11.0. The van der Waals surface area contributed by atoms with Crippen LogP contribution in [0.15, 0.2) is 30.3 Å². The molecule has 0 saturated heterocycles. The molecule has 1 aromatic heterocycles. The highest BCUT2D eigenvalue weighted by Gasteiger charge is 2.17. The van der Waals surface area contributed by atoms with Gasteiger partial charge in [0.15, 0.2) is 0 Å². The lowest BCUT2D eigenvalue weighted by atomic mass is 10.1. The number of fused-ring (bicyclic) bond motifs is 1. The Kier molecular flexibility index (Phi) is 4.39. The smallest absolute Gasteiger partial charge is 0.308 e. The van der Waals surface area contributed by atoms with Crippen LogP contribution in [-0.2, 0) is 4.79 Å². The minimum absolute atomic E-state index is 0.363. The summed E-state index contributed by atoms with van der Waals surface area (Å²) in [6.45, 7) is 4.60. The Labute approximate surface area is 123 Å². The molecule has 2 aromatic rings. The number of carbonyl (C=O) groups is 1. The lowest BCUT2D eigenvalue weighted by Crippen LogP contribution is -2.32. The van der Waals surface area contributed by atoms with Gasteiger partial charge in [0.25, 0.3) is 0 Å². The van der Waals surface area contributed by atoms with Gasteiger partial charge in [-0.05, 0) is 19.1 Å². The normalized spacial score (nSPS) is 11.9. The number of carboxylic acids is 1. The van der Waals surface area contributed by atoms with Crippen LogP contribution in [-0.4, -0.2) is 29.1 Å². The number of hydrogen-bond donors (Lipinski definition) is 1. The third-order valence-electron chi connectivity index (χ3n) is 3.44. The lowest BCUT2D eigenvalue weighted by molar-refractivity contribution is -0.140. The van der Waals surface area contributed by atoms with E-state index in [1.165, 1.54) is 0 Å². The van der Waals surface area contributed by atoms with Crippen molar-refractivity contribution in [3.63, 3.8) is 0 Å². The van der Waals surface area contributed by atoms with Gasteiger partial charge in [0.2, 0.25) is 0 Å². The van der Waals surface area contributed by atoms with Crippen LogP contribution in [0.1, 0.15) is 19.4 Å². The van der Waals surface area contributed by atoms with Gasteiger partial charge in [0, 0.05) is 18.5 Å². The molecule has 1 aromatic carbocycles. The Balaban J connectivity index is 2.45. The van der Waals surface area contributed by atoms with Crippen LogP contribution in [0.5, 0.6) is 0 Å². The highest BCUT2D eigenvalue weighted by molar-refractivity contribution is 5.86. The molecule has 0 aliphatic rings. The molecule has 5 heteroatoms. The minimum Gasteiger partial charge on any atom is -0.481 e. The molecule has 0 aliphatic heterocycles. The first-order valence-corrected chi connectivity index (χ1v) is 6.84. The molecule has 1 unspecified atom stereocenters. The Morgan fingerprint density at radius 3 is 2.81 bits per heavy atom. The largest absolute Gasteiger partial charge is 0.481 e. The van der Waals surface area contributed by atoms with Crippen LogP contribution in [0.3, 0.4) is 0 Å².